The van der Waals surface area contributed by atoms with E-state index < -0.39 is 6.04 Å². The van der Waals surface area contributed by atoms with Gasteiger partial charge in [0.1, 0.15) is 5.75 Å². The van der Waals surface area contributed by atoms with Gasteiger partial charge < -0.3 is 15.4 Å². The number of benzene rings is 1. The molecule has 130 valence electrons. The first kappa shape index (κ1) is 19.5. The number of carbonyl (C=O) groups is 2. The lowest BCUT2D eigenvalue weighted by atomic mass is 10.1. The molecule has 2 N–H and O–H groups in total. The monoisotopic (exact) mass is 330 g/mol. The highest BCUT2D eigenvalue weighted by Gasteiger charge is 2.18. The van der Waals surface area contributed by atoms with Gasteiger partial charge in [0.05, 0.1) is 13.2 Å². The van der Waals surface area contributed by atoms with E-state index in [0.717, 1.165) is 16.7 Å². The molecule has 0 aliphatic rings. The van der Waals surface area contributed by atoms with E-state index >= 15 is 0 Å². The molecule has 0 saturated heterocycles. The molecule has 0 aliphatic carbocycles. The SMILES string of the molecule is COc1ccccc1[C@H](CNC(=O)C=C(C)C)NC(=O)C=C(C)C. The highest BCUT2D eigenvalue weighted by molar-refractivity contribution is 5.89. The van der Waals surface area contributed by atoms with Crippen LogP contribution in [0.4, 0.5) is 0 Å². The van der Waals surface area contributed by atoms with Crippen LogP contribution in [0.3, 0.4) is 0 Å². The lowest BCUT2D eigenvalue weighted by Crippen LogP contribution is -2.37. The van der Waals surface area contributed by atoms with E-state index in [1.807, 2.05) is 52.0 Å². The summed E-state index contributed by atoms with van der Waals surface area (Å²) in [6, 6.07) is 7.04. The molecule has 0 bridgehead atoms. The van der Waals surface area contributed by atoms with Gasteiger partial charge in [-0.1, -0.05) is 29.3 Å². The van der Waals surface area contributed by atoms with Crippen molar-refractivity contribution in [3.8, 4) is 5.75 Å². The number of ether oxygens (including phenoxy) is 1. The summed E-state index contributed by atoms with van der Waals surface area (Å²) in [6.07, 6.45) is 3.05. The van der Waals surface area contributed by atoms with Gasteiger partial charge in [-0.2, -0.15) is 0 Å². The third kappa shape index (κ3) is 6.69. The van der Waals surface area contributed by atoms with Crippen molar-refractivity contribution in [2.45, 2.75) is 33.7 Å². The van der Waals surface area contributed by atoms with Crippen molar-refractivity contribution >= 4 is 11.8 Å². The van der Waals surface area contributed by atoms with Crippen LogP contribution in [0.15, 0.2) is 47.6 Å². The largest absolute Gasteiger partial charge is 0.496 e. The molecule has 2 amide bonds. The molecule has 1 rings (SSSR count). The van der Waals surface area contributed by atoms with E-state index in [-0.39, 0.29) is 18.4 Å². The summed E-state index contributed by atoms with van der Waals surface area (Å²) >= 11 is 0. The second-order valence-corrected chi connectivity index (χ2v) is 5.99. The zero-order chi connectivity index (χ0) is 18.1. The molecule has 0 fully saturated rings. The van der Waals surface area contributed by atoms with Crippen molar-refractivity contribution in [2.24, 2.45) is 0 Å². The molecule has 5 nitrogen and oxygen atoms in total. The van der Waals surface area contributed by atoms with Crippen molar-refractivity contribution in [2.75, 3.05) is 13.7 Å². The smallest absolute Gasteiger partial charge is 0.244 e. The third-order valence-corrected chi connectivity index (χ3v) is 3.15. The van der Waals surface area contributed by atoms with Crippen molar-refractivity contribution < 1.29 is 14.3 Å². The average Bonchev–Trinajstić information content (AvgIpc) is 2.50. The Kier molecular flexibility index (Phi) is 7.75. The Labute approximate surface area is 143 Å². The summed E-state index contributed by atoms with van der Waals surface area (Å²) in [7, 11) is 1.58. The molecule has 0 heterocycles. The minimum absolute atomic E-state index is 0.189. The van der Waals surface area contributed by atoms with Gasteiger partial charge in [0.2, 0.25) is 11.8 Å². The molecule has 0 saturated carbocycles. The lowest BCUT2D eigenvalue weighted by molar-refractivity contribution is -0.119. The van der Waals surface area contributed by atoms with Gasteiger partial charge >= 0.3 is 0 Å². The predicted octanol–water partition coefficient (Wildman–Crippen LogP) is 2.90. The van der Waals surface area contributed by atoms with Crippen LogP contribution in [0.1, 0.15) is 39.3 Å². The van der Waals surface area contributed by atoms with Gasteiger partial charge in [0.25, 0.3) is 0 Å². The summed E-state index contributed by atoms with van der Waals surface area (Å²) < 4.78 is 5.37. The normalized spacial score (nSPS) is 11.0. The summed E-state index contributed by atoms with van der Waals surface area (Å²) in [4.78, 5) is 24.0. The number of methoxy groups -OCH3 is 1. The van der Waals surface area contributed by atoms with E-state index in [9.17, 15) is 9.59 Å². The highest BCUT2D eigenvalue weighted by atomic mass is 16.5. The Balaban J connectivity index is 2.99. The van der Waals surface area contributed by atoms with Crippen LogP contribution < -0.4 is 15.4 Å². The molecule has 0 aromatic heterocycles. The molecule has 24 heavy (non-hydrogen) atoms. The van der Waals surface area contributed by atoms with Gasteiger partial charge in [-0.3, -0.25) is 9.59 Å². The molecule has 5 heteroatoms. The molecule has 1 atom stereocenters. The van der Waals surface area contributed by atoms with Crippen LogP contribution >= 0.6 is 0 Å². The van der Waals surface area contributed by atoms with E-state index in [2.05, 4.69) is 10.6 Å². The van der Waals surface area contributed by atoms with Gasteiger partial charge in [-0.15, -0.1) is 0 Å². The first-order chi connectivity index (χ1) is 11.3. The van der Waals surface area contributed by atoms with Crippen molar-refractivity contribution in [3.63, 3.8) is 0 Å². The van der Waals surface area contributed by atoms with Crippen molar-refractivity contribution in [3.05, 3.63) is 53.1 Å². The number of para-hydroxylation sites is 1. The fourth-order valence-electron chi connectivity index (χ4n) is 2.18. The van der Waals surface area contributed by atoms with E-state index in [1.54, 1.807) is 7.11 Å². The first-order valence-electron chi connectivity index (χ1n) is 7.84. The molecule has 1 aromatic carbocycles. The zero-order valence-electron chi connectivity index (χ0n) is 15.0. The molecule has 0 radical (unpaired) electrons. The van der Waals surface area contributed by atoms with Crippen LogP contribution in [0.25, 0.3) is 0 Å². The Morgan fingerprint density at radius 2 is 1.62 bits per heavy atom. The number of rotatable bonds is 7. The zero-order valence-corrected chi connectivity index (χ0v) is 15.0. The minimum Gasteiger partial charge on any atom is -0.496 e. The summed E-state index contributed by atoms with van der Waals surface area (Å²) in [5.41, 5.74) is 2.63. The second kappa shape index (κ2) is 9.55. The topological polar surface area (TPSA) is 67.4 Å². The van der Waals surface area contributed by atoms with Gasteiger partial charge in [-0.05, 0) is 33.8 Å². The van der Waals surface area contributed by atoms with Crippen LogP contribution in [0, 0.1) is 0 Å². The van der Waals surface area contributed by atoms with Gasteiger partial charge in [-0.25, -0.2) is 0 Å². The summed E-state index contributed by atoms with van der Waals surface area (Å²) in [5.74, 6) is 0.269. The Bertz CT molecular complexity index is 640. The highest BCUT2D eigenvalue weighted by Crippen LogP contribution is 2.24. The summed E-state index contributed by atoms with van der Waals surface area (Å²) in [6.45, 7) is 7.69. The lowest BCUT2D eigenvalue weighted by Gasteiger charge is -2.21. The molecule has 0 unspecified atom stereocenters. The number of hydrogen-bond acceptors (Lipinski definition) is 3. The van der Waals surface area contributed by atoms with E-state index in [4.69, 9.17) is 4.74 Å². The maximum Gasteiger partial charge on any atom is 0.244 e. The molecule has 0 aliphatic heterocycles. The van der Waals surface area contributed by atoms with Crippen molar-refractivity contribution in [1.82, 2.24) is 10.6 Å². The quantitative estimate of drug-likeness (QED) is 0.755. The molecule has 0 spiro atoms. The number of carbonyl (C=O) groups excluding carboxylic acids is 2. The van der Waals surface area contributed by atoms with E-state index in [0.29, 0.717) is 5.75 Å². The van der Waals surface area contributed by atoms with Crippen molar-refractivity contribution in [1.29, 1.82) is 0 Å². The number of amides is 2. The van der Waals surface area contributed by atoms with Gasteiger partial charge in [0.15, 0.2) is 0 Å². The fourth-order valence-corrected chi connectivity index (χ4v) is 2.18. The molecule has 1 aromatic rings. The third-order valence-electron chi connectivity index (χ3n) is 3.15. The predicted molar refractivity (Wildman–Crippen MR) is 95.7 cm³/mol. The Morgan fingerprint density at radius 3 is 2.21 bits per heavy atom. The molecular weight excluding hydrogens is 304 g/mol. The molecular formula is C19H26N2O3. The van der Waals surface area contributed by atoms with Crippen LogP contribution in [-0.4, -0.2) is 25.5 Å². The van der Waals surface area contributed by atoms with Crippen LogP contribution in [0.2, 0.25) is 0 Å². The number of hydrogen-bond donors (Lipinski definition) is 2. The minimum atomic E-state index is -0.390. The first-order valence-corrected chi connectivity index (χ1v) is 7.84. The average molecular weight is 330 g/mol. The fraction of sp³-hybridized carbons (Fsp3) is 0.368. The van der Waals surface area contributed by atoms with E-state index in [1.165, 1.54) is 12.2 Å². The standard InChI is InChI=1S/C19H26N2O3/c1-13(2)10-18(22)20-12-16(21-19(23)11-14(3)4)15-8-6-7-9-17(15)24-5/h6-11,16H,12H2,1-5H3,(H,20,22)(H,21,23)/t16-/m0/s1. The van der Waals surface area contributed by atoms with Crippen LogP contribution in [0.5, 0.6) is 5.75 Å². The summed E-state index contributed by atoms with van der Waals surface area (Å²) in [5, 5.41) is 5.73. The maximum atomic E-state index is 12.1. The Morgan fingerprint density at radius 1 is 1.04 bits per heavy atom. The maximum absolute atomic E-state index is 12.1. The Hall–Kier alpha value is -2.56. The van der Waals surface area contributed by atoms with Gasteiger partial charge in [0, 0.05) is 24.3 Å². The number of allylic oxidation sites excluding steroid dienone is 2. The number of nitrogens with one attached hydrogen (secondary N) is 2. The van der Waals surface area contributed by atoms with Crippen LogP contribution in [-0.2, 0) is 9.59 Å². The second-order valence-electron chi connectivity index (χ2n) is 5.99.